The number of ether oxygens (including phenoxy) is 1. The first-order valence-corrected chi connectivity index (χ1v) is 7.53. The Morgan fingerprint density at radius 2 is 2.05 bits per heavy atom. The maximum absolute atomic E-state index is 6.04. The Balaban J connectivity index is 1.97. The van der Waals surface area contributed by atoms with Gasteiger partial charge in [0.1, 0.15) is 6.61 Å². The molecule has 6 heteroatoms. The van der Waals surface area contributed by atoms with Crippen LogP contribution in [0.25, 0.3) is 0 Å². The summed E-state index contributed by atoms with van der Waals surface area (Å²) < 4.78 is 5.65. The maximum atomic E-state index is 6.04. The second-order valence-corrected chi connectivity index (χ2v) is 5.83. The molecule has 0 fully saturated rings. The number of aromatic nitrogens is 1. The smallest absolute Gasteiger partial charge is 0.182 e. The molecule has 0 aliphatic heterocycles. The first-order valence-electron chi connectivity index (χ1n) is 5.96. The van der Waals surface area contributed by atoms with E-state index < -0.39 is 0 Å². The SMILES string of the molecule is CCCNc1ncc(COc2c(Cl)cccc2Cl)s1. The van der Waals surface area contributed by atoms with Gasteiger partial charge in [0, 0.05) is 12.7 Å². The molecule has 1 aromatic carbocycles. The van der Waals surface area contributed by atoms with Gasteiger partial charge in [-0.2, -0.15) is 0 Å². The lowest BCUT2D eigenvalue weighted by molar-refractivity contribution is 0.310. The lowest BCUT2D eigenvalue weighted by Gasteiger charge is -2.08. The molecule has 1 heterocycles. The van der Waals surface area contributed by atoms with Gasteiger partial charge in [-0.05, 0) is 18.6 Å². The van der Waals surface area contributed by atoms with Crippen molar-refractivity contribution in [3.05, 3.63) is 39.3 Å². The molecule has 0 aliphatic carbocycles. The van der Waals surface area contributed by atoms with Crippen LogP contribution in [0.4, 0.5) is 5.13 Å². The molecule has 0 spiro atoms. The number of nitrogens with one attached hydrogen (secondary N) is 1. The fourth-order valence-corrected chi connectivity index (χ4v) is 2.71. The highest BCUT2D eigenvalue weighted by atomic mass is 35.5. The van der Waals surface area contributed by atoms with Gasteiger partial charge >= 0.3 is 0 Å². The topological polar surface area (TPSA) is 34.2 Å². The highest BCUT2D eigenvalue weighted by Crippen LogP contribution is 2.33. The summed E-state index contributed by atoms with van der Waals surface area (Å²) in [5, 5.41) is 5.17. The van der Waals surface area contributed by atoms with E-state index in [1.807, 2.05) is 0 Å². The number of hydrogen-bond acceptors (Lipinski definition) is 4. The molecule has 0 saturated carbocycles. The van der Waals surface area contributed by atoms with Crippen LogP contribution in [0.5, 0.6) is 5.75 Å². The number of benzene rings is 1. The van der Waals surface area contributed by atoms with Crippen LogP contribution in [0.2, 0.25) is 10.0 Å². The monoisotopic (exact) mass is 316 g/mol. The standard InChI is InChI=1S/C13H14Cl2N2OS/c1-2-6-16-13-17-7-9(19-13)8-18-12-10(14)4-3-5-11(12)15/h3-5,7H,2,6,8H2,1H3,(H,16,17). The summed E-state index contributed by atoms with van der Waals surface area (Å²) in [6.07, 6.45) is 2.87. The molecule has 0 radical (unpaired) electrons. The average molecular weight is 317 g/mol. The molecule has 2 rings (SSSR count). The minimum Gasteiger partial charge on any atom is -0.485 e. The fourth-order valence-electron chi connectivity index (χ4n) is 1.45. The minimum absolute atomic E-state index is 0.412. The number of halogens is 2. The summed E-state index contributed by atoms with van der Waals surface area (Å²) in [7, 11) is 0. The van der Waals surface area contributed by atoms with Gasteiger partial charge in [0.05, 0.1) is 14.9 Å². The summed E-state index contributed by atoms with van der Waals surface area (Å²) in [5.41, 5.74) is 0. The van der Waals surface area contributed by atoms with Crippen molar-refractivity contribution < 1.29 is 4.74 Å². The summed E-state index contributed by atoms with van der Waals surface area (Å²) in [4.78, 5) is 5.30. The Hall–Kier alpha value is -0.970. The van der Waals surface area contributed by atoms with Crippen molar-refractivity contribution in [1.82, 2.24) is 4.98 Å². The molecule has 0 saturated heterocycles. The van der Waals surface area contributed by atoms with E-state index in [1.54, 1.807) is 35.7 Å². The number of para-hydroxylation sites is 1. The van der Waals surface area contributed by atoms with Crippen LogP contribution in [0.1, 0.15) is 18.2 Å². The van der Waals surface area contributed by atoms with Gasteiger partial charge < -0.3 is 10.1 Å². The molecule has 1 aromatic heterocycles. The van der Waals surface area contributed by atoms with Crippen molar-refractivity contribution in [3.63, 3.8) is 0 Å². The van der Waals surface area contributed by atoms with Gasteiger partial charge in [-0.1, -0.05) is 47.5 Å². The van der Waals surface area contributed by atoms with E-state index in [-0.39, 0.29) is 0 Å². The third-order valence-electron chi connectivity index (χ3n) is 2.36. The second-order valence-electron chi connectivity index (χ2n) is 3.90. The molecule has 0 unspecified atom stereocenters. The minimum atomic E-state index is 0.412. The quantitative estimate of drug-likeness (QED) is 0.827. The third-order valence-corrected chi connectivity index (χ3v) is 3.88. The van der Waals surface area contributed by atoms with Gasteiger partial charge in [-0.15, -0.1) is 0 Å². The van der Waals surface area contributed by atoms with Gasteiger partial charge in [0.15, 0.2) is 10.9 Å². The van der Waals surface area contributed by atoms with Crippen LogP contribution < -0.4 is 10.1 Å². The zero-order valence-corrected chi connectivity index (χ0v) is 12.8. The molecule has 102 valence electrons. The average Bonchev–Trinajstić information content (AvgIpc) is 2.84. The molecular formula is C13H14Cl2N2OS. The summed E-state index contributed by atoms with van der Waals surface area (Å²) in [6, 6.07) is 5.30. The third kappa shape index (κ3) is 4.00. The summed E-state index contributed by atoms with van der Waals surface area (Å²) in [6.45, 7) is 3.45. The van der Waals surface area contributed by atoms with Crippen LogP contribution in [0.3, 0.4) is 0 Å². The Kier molecular flexibility index (Phi) is 5.31. The highest BCUT2D eigenvalue weighted by Gasteiger charge is 2.08. The zero-order chi connectivity index (χ0) is 13.7. The summed E-state index contributed by atoms with van der Waals surface area (Å²) >= 11 is 13.6. The molecule has 0 amide bonds. The highest BCUT2D eigenvalue weighted by molar-refractivity contribution is 7.15. The lowest BCUT2D eigenvalue weighted by atomic mass is 10.3. The van der Waals surface area contributed by atoms with E-state index in [0.717, 1.165) is 23.0 Å². The number of anilines is 1. The van der Waals surface area contributed by atoms with Gasteiger partial charge in [0.25, 0.3) is 0 Å². The Bertz CT molecular complexity index is 525. The largest absolute Gasteiger partial charge is 0.485 e. The van der Waals surface area contributed by atoms with Crippen molar-refractivity contribution in [2.75, 3.05) is 11.9 Å². The van der Waals surface area contributed by atoms with Crippen LogP contribution in [-0.4, -0.2) is 11.5 Å². The Labute approximate surface area is 126 Å². The Morgan fingerprint density at radius 3 is 2.74 bits per heavy atom. The second kappa shape index (κ2) is 6.98. The van der Waals surface area contributed by atoms with E-state index in [1.165, 1.54) is 0 Å². The van der Waals surface area contributed by atoms with E-state index in [4.69, 9.17) is 27.9 Å². The molecule has 0 bridgehead atoms. The van der Waals surface area contributed by atoms with Gasteiger partial charge in [0.2, 0.25) is 0 Å². The number of rotatable bonds is 6. The van der Waals surface area contributed by atoms with Gasteiger partial charge in [-0.25, -0.2) is 4.98 Å². The first kappa shape index (κ1) is 14.4. The van der Waals surface area contributed by atoms with Crippen LogP contribution in [-0.2, 0) is 6.61 Å². The molecule has 1 N–H and O–H groups in total. The molecular weight excluding hydrogens is 303 g/mol. The van der Waals surface area contributed by atoms with Crippen LogP contribution >= 0.6 is 34.5 Å². The van der Waals surface area contributed by atoms with Crippen molar-refractivity contribution in [3.8, 4) is 5.75 Å². The van der Waals surface area contributed by atoms with Crippen molar-refractivity contribution in [2.24, 2.45) is 0 Å². The first-order chi connectivity index (χ1) is 9.20. The maximum Gasteiger partial charge on any atom is 0.182 e. The van der Waals surface area contributed by atoms with E-state index >= 15 is 0 Å². The molecule has 0 atom stereocenters. The van der Waals surface area contributed by atoms with E-state index in [2.05, 4.69) is 17.2 Å². The van der Waals surface area contributed by atoms with E-state index in [9.17, 15) is 0 Å². The summed E-state index contributed by atoms with van der Waals surface area (Å²) in [5.74, 6) is 0.516. The number of hydrogen-bond donors (Lipinski definition) is 1. The van der Waals surface area contributed by atoms with Crippen LogP contribution in [0, 0.1) is 0 Å². The Morgan fingerprint density at radius 1 is 1.32 bits per heavy atom. The van der Waals surface area contributed by atoms with Gasteiger partial charge in [-0.3, -0.25) is 0 Å². The lowest BCUT2D eigenvalue weighted by Crippen LogP contribution is -1.98. The van der Waals surface area contributed by atoms with E-state index in [0.29, 0.717) is 22.4 Å². The van der Waals surface area contributed by atoms with Crippen molar-refractivity contribution >= 4 is 39.7 Å². The fraction of sp³-hybridized carbons (Fsp3) is 0.308. The molecule has 3 nitrogen and oxygen atoms in total. The normalized spacial score (nSPS) is 10.5. The molecule has 2 aromatic rings. The number of nitrogens with zero attached hydrogens (tertiary/aromatic N) is 1. The van der Waals surface area contributed by atoms with Crippen molar-refractivity contribution in [1.29, 1.82) is 0 Å². The molecule has 0 aliphatic rings. The zero-order valence-electron chi connectivity index (χ0n) is 10.5. The van der Waals surface area contributed by atoms with Crippen molar-refractivity contribution in [2.45, 2.75) is 20.0 Å². The van der Waals surface area contributed by atoms with Crippen LogP contribution in [0.15, 0.2) is 24.4 Å². The predicted molar refractivity (Wildman–Crippen MR) is 81.7 cm³/mol. The molecule has 19 heavy (non-hydrogen) atoms. The number of thiazole rings is 1. The predicted octanol–water partition coefficient (Wildman–Crippen LogP) is 4.85.